The summed E-state index contributed by atoms with van der Waals surface area (Å²) in [4.78, 5) is 4.40. The summed E-state index contributed by atoms with van der Waals surface area (Å²) in [5.74, 6) is -2.90. The lowest BCUT2D eigenvalue weighted by Gasteiger charge is -2.45. The second kappa shape index (κ2) is 5.39. The van der Waals surface area contributed by atoms with E-state index in [1.54, 1.807) is 0 Å². The van der Waals surface area contributed by atoms with Gasteiger partial charge in [-0.05, 0) is 26.7 Å². The van der Waals surface area contributed by atoms with Crippen LogP contribution in [0.1, 0.15) is 33.1 Å². The second-order valence-electron chi connectivity index (χ2n) is 5.83. The molecule has 1 aliphatic carbocycles. The molecular weight excluding hydrogens is 238 g/mol. The summed E-state index contributed by atoms with van der Waals surface area (Å²) in [5, 5.41) is 9.82. The quantitative estimate of drug-likeness (QED) is 0.818. The molecule has 0 aromatic carbocycles. The molecule has 2 fully saturated rings. The third-order valence-electron chi connectivity index (χ3n) is 4.36. The number of rotatable bonds is 2. The molecule has 106 valence electrons. The molecule has 0 amide bonds. The SMILES string of the molecule is CC(C)N1CCN(C2CCCC(F)(F)[C@@H]2O)CC1. The zero-order valence-electron chi connectivity index (χ0n) is 11.3. The van der Waals surface area contributed by atoms with Crippen LogP contribution in [0, 0.1) is 0 Å². The summed E-state index contributed by atoms with van der Waals surface area (Å²) in [6, 6.07) is 0.146. The number of hydrogen-bond acceptors (Lipinski definition) is 3. The van der Waals surface area contributed by atoms with E-state index in [0.29, 0.717) is 18.9 Å². The van der Waals surface area contributed by atoms with Crippen LogP contribution in [0.5, 0.6) is 0 Å². The average molecular weight is 262 g/mol. The molecule has 1 heterocycles. The van der Waals surface area contributed by atoms with Crippen molar-refractivity contribution in [3.8, 4) is 0 Å². The van der Waals surface area contributed by atoms with Crippen LogP contribution in [-0.4, -0.2) is 65.2 Å². The van der Waals surface area contributed by atoms with Crippen LogP contribution < -0.4 is 0 Å². The van der Waals surface area contributed by atoms with Gasteiger partial charge < -0.3 is 5.11 Å². The molecule has 0 aromatic rings. The van der Waals surface area contributed by atoms with E-state index < -0.39 is 12.0 Å². The molecule has 1 saturated heterocycles. The van der Waals surface area contributed by atoms with Crippen LogP contribution in [0.4, 0.5) is 8.78 Å². The summed E-state index contributed by atoms with van der Waals surface area (Å²) >= 11 is 0. The monoisotopic (exact) mass is 262 g/mol. The Morgan fingerprint density at radius 3 is 2.33 bits per heavy atom. The highest BCUT2D eigenvalue weighted by Gasteiger charge is 2.48. The van der Waals surface area contributed by atoms with Crippen molar-refractivity contribution in [2.45, 2.75) is 57.2 Å². The van der Waals surface area contributed by atoms with Crippen LogP contribution in [0.25, 0.3) is 0 Å². The minimum atomic E-state index is -2.90. The van der Waals surface area contributed by atoms with E-state index in [-0.39, 0.29) is 12.5 Å². The third kappa shape index (κ3) is 2.83. The standard InChI is InChI=1S/C13H24F2N2O/c1-10(2)16-6-8-17(9-7-16)11-4-3-5-13(14,15)12(11)18/h10-12,18H,3-9H2,1-2H3/t11?,12-/m1/s1. The zero-order chi connectivity index (χ0) is 13.3. The molecule has 3 nitrogen and oxygen atoms in total. The van der Waals surface area contributed by atoms with Crippen molar-refractivity contribution in [1.82, 2.24) is 9.80 Å². The van der Waals surface area contributed by atoms with Gasteiger partial charge in [0.2, 0.25) is 0 Å². The lowest BCUT2D eigenvalue weighted by molar-refractivity contribution is -0.165. The van der Waals surface area contributed by atoms with Gasteiger partial charge >= 0.3 is 0 Å². The van der Waals surface area contributed by atoms with Gasteiger partial charge in [-0.1, -0.05) is 0 Å². The maximum atomic E-state index is 13.5. The van der Waals surface area contributed by atoms with E-state index in [1.807, 2.05) is 0 Å². The van der Waals surface area contributed by atoms with Crippen molar-refractivity contribution in [2.24, 2.45) is 0 Å². The molecule has 18 heavy (non-hydrogen) atoms. The molecule has 2 aliphatic rings. The van der Waals surface area contributed by atoms with Crippen LogP contribution in [-0.2, 0) is 0 Å². The van der Waals surface area contributed by atoms with Gasteiger partial charge in [-0.15, -0.1) is 0 Å². The Balaban J connectivity index is 1.93. The van der Waals surface area contributed by atoms with Crippen molar-refractivity contribution in [3.63, 3.8) is 0 Å². The highest BCUT2D eigenvalue weighted by molar-refractivity contribution is 4.94. The van der Waals surface area contributed by atoms with Gasteiger partial charge in [0, 0.05) is 44.7 Å². The van der Waals surface area contributed by atoms with Crippen molar-refractivity contribution >= 4 is 0 Å². The molecule has 2 rings (SSSR count). The number of nitrogens with zero attached hydrogens (tertiary/aromatic N) is 2. The van der Waals surface area contributed by atoms with Crippen molar-refractivity contribution < 1.29 is 13.9 Å². The average Bonchev–Trinajstić information content (AvgIpc) is 2.33. The summed E-state index contributed by atoms with van der Waals surface area (Å²) < 4.78 is 27.0. The first-order chi connectivity index (χ1) is 8.42. The number of aliphatic hydroxyl groups is 1. The molecule has 1 N–H and O–H groups in total. The number of alkyl halides is 2. The third-order valence-corrected chi connectivity index (χ3v) is 4.36. The van der Waals surface area contributed by atoms with Gasteiger partial charge in [0.05, 0.1) is 0 Å². The molecule has 1 aliphatic heterocycles. The van der Waals surface area contributed by atoms with E-state index in [4.69, 9.17) is 0 Å². The minimum absolute atomic E-state index is 0.170. The molecule has 0 bridgehead atoms. The van der Waals surface area contributed by atoms with Crippen LogP contribution in [0.2, 0.25) is 0 Å². The highest BCUT2D eigenvalue weighted by Crippen LogP contribution is 2.36. The molecule has 1 saturated carbocycles. The van der Waals surface area contributed by atoms with Crippen LogP contribution in [0.3, 0.4) is 0 Å². The van der Waals surface area contributed by atoms with Gasteiger partial charge in [0.25, 0.3) is 5.92 Å². The van der Waals surface area contributed by atoms with Crippen molar-refractivity contribution in [1.29, 1.82) is 0 Å². The van der Waals surface area contributed by atoms with E-state index >= 15 is 0 Å². The molecule has 0 aromatic heterocycles. The first kappa shape index (κ1) is 14.2. The fourth-order valence-corrected chi connectivity index (χ4v) is 3.10. The molecule has 1 unspecified atom stereocenters. The van der Waals surface area contributed by atoms with E-state index in [1.165, 1.54) is 0 Å². The molecule has 2 atom stereocenters. The maximum absolute atomic E-state index is 13.5. The van der Waals surface area contributed by atoms with E-state index in [0.717, 1.165) is 26.2 Å². The Kier molecular flexibility index (Phi) is 4.24. The van der Waals surface area contributed by atoms with Gasteiger partial charge in [-0.2, -0.15) is 0 Å². The Morgan fingerprint density at radius 2 is 1.78 bits per heavy atom. The van der Waals surface area contributed by atoms with Gasteiger partial charge in [-0.25, -0.2) is 8.78 Å². The van der Waals surface area contributed by atoms with Crippen LogP contribution in [0.15, 0.2) is 0 Å². The summed E-state index contributed by atoms with van der Waals surface area (Å²) in [5.41, 5.74) is 0. The number of halogens is 2. The number of aliphatic hydroxyl groups excluding tert-OH is 1. The van der Waals surface area contributed by atoms with Gasteiger partial charge in [-0.3, -0.25) is 9.80 Å². The molecule has 5 heteroatoms. The molecule has 0 radical (unpaired) electrons. The summed E-state index contributed by atoms with van der Waals surface area (Å²) in [7, 11) is 0. The predicted molar refractivity (Wildman–Crippen MR) is 66.9 cm³/mol. The van der Waals surface area contributed by atoms with E-state index in [9.17, 15) is 13.9 Å². The maximum Gasteiger partial charge on any atom is 0.275 e. The fourth-order valence-electron chi connectivity index (χ4n) is 3.10. The first-order valence-corrected chi connectivity index (χ1v) is 6.96. The normalized spacial score (nSPS) is 35.0. The van der Waals surface area contributed by atoms with Gasteiger partial charge in [0.15, 0.2) is 0 Å². The molecule has 0 spiro atoms. The number of hydrogen-bond donors (Lipinski definition) is 1. The van der Waals surface area contributed by atoms with E-state index in [2.05, 4.69) is 23.6 Å². The first-order valence-electron chi connectivity index (χ1n) is 6.96. The Morgan fingerprint density at radius 1 is 1.17 bits per heavy atom. The smallest absolute Gasteiger partial charge is 0.275 e. The lowest BCUT2D eigenvalue weighted by atomic mass is 9.87. The summed E-state index contributed by atoms with van der Waals surface area (Å²) in [6.45, 7) is 7.70. The van der Waals surface area contributed by atoms with Crippen LogP contribution >= 0.6 is 0 Å². The Labute approximate surface area is 108 Å². The Hall–Kier alpha value is -0.260. The minimum Gasteiger partial charge on any atom is -0.385 e. The van der Waals surface area contributed by atoms with Gasteiger partial charge in [0.1, 0.15) is 6.10 Å². The summed E-state index contributed by atoms with van der Waals surface area (Å²) in [6.07, 6.45) is -0.453. The number of piperazine rings is 1. The van der Waals surface area contributed by atoms with Crippen molar-refractivity contribution in [2.75, 3.05) is 26.2 Å². The zero-order valence-corrected chi connectivity index (χ0v) is 11.3. The largest absolute Gasteiger partial charge is 0.385 e. The molecular formula is C13H24F2N2O. The second-order valence-corrected chi connectivity index (χ2v) is 5.83. The topological polar surface area (TPSA) is 26.7 Å². The van der Waals surface area contributed by atoms with Crippen molar-refractivity contribution in [3.05, 3.63) is 0 Å². The fraction of sp³-hybridized carbons (Fsp3) is 1.00. The highest BCUT2D eigenvalue weighted by atomic mass is 19.3. The lowest BCUT2D eigenvalue weighted by Crippen LogP contribution is -2.59. The predicted octanol–water partition coefficient (Wildman–Crippen LogP) is 1.56. The Bertz CT molecular complexity index is 278.